The molecule has 2 heteroatoms. The lowest BCUT2D eigenvalue weighted by atomic mass is 9.82. The van der Waals surface area contributed by atoms with Crippen molar-refractivity contribution in [3.05, 3.63) is 47.5 Å². The van der Waals surface area contributed by atoms with Gasteiger partial charge in [0.2, 0.25) is 0 Å². The first-order valence-corrected chi connectivity index (χ1v) is 5.79. The van der Waals surface area contributed by atoms with Crippen LogP contribution in [0.4, 0.5) is 0 Å². The molecule has 2 unspecified atom stereocenters. The minimum atomic E-state index is -0.719. The second-order valence-electron chi connectivity index (χ2n) is 4.91. The predicted octanol–water partition coefficient (Wildman–Crippen LogP) is 2.30. The van der Waals surface area contributed by atoms with E-state index in [-0.39, 0.29) is 12.2 Å². The number of aryl methyl sites for hydroxylation is 1. The van der Waals surface area contributed by atoms with Gasteiger partial charge in [-0.1, -0.05) is 42.0 Å². The first-order chi connectivity index (χ1) is 7.66. The fourth-order valence-electron chi connectivity index (χ4n) is 2.71. The zero-order valence-electron chi connectivity index (χ0n) is 9.39. The molecule has 0 spiro atoms. The Labute approximate surface area is 95.6 Å². The van der Waals surface area contributed by atoms with Crippen molar-refractivity contribution in [3.63, 3.8) is 0 Å². The molecule has 16 heavy (non-hydrogen) atoms. The summed E-state index contributed by atoms with van der Waals surface area (Å²) in [4.78, 5) is 0. The van der Waals surface area contributed by atoms with E-state index in [0.717, 1.165) is 5.56 Å². The summed E-state index contributed by atoms with van der Waals surface area (Å²) in [5.74, 6) is 0. The highest BCUT2D eigenvalue weighted by atomic mass is 16.5. The highest BCUT2D eigenvalue weighted by Gasteiger charge is 2.42. The van der Waals surface area contributed by atoms with Crippen LogP contribution in [-0.2, 0) is 10.3 Å². The quantitative estimate of drug-likeness (QED) is 0.730. The van der Waals surface area contributed by atoms with Gasteiger partial charge in [0.25, 0.3) is 0 Å². The minimum Gasteiger partial charge on any atom is -0.385 e. The largest absolute Gasteiger partial charge is 0.385 e. The first kappa shape index (κ1) is 10.1. The minimum absolute atomic E-state index is 0.0873. The van der Waals surface area contributed by atoms with Gasteiger partial charge < -0.3 is 9.84 Å². The third-order valence-electron chi connectivity index (χ3n) is 3.52. The zero-order valence-corrected chi connectivity index (χ0v) is 9.39. The molecule has 0 saturated carbocycles. The summed E-state index contributed by atoms with van der Waals surface area (Å²) in [5.41, 5.74) is 1.50. The van der Waals surface area contributed by atoms with Crippen molar-refractivity contribution in [2.45, 2.75) is 37.6 Å². The van der Waals surface area contributed by atoms with Crippen LogP contribution in [0.1, 0.15) is 24.0 Å². The van der Waals surface area contributed by atoms with Gasteiger partial charge in [-0.15, -0.1) is 0 Å². The van der Waals surface area contributed by atoms with Crippen molar-refractivity contribution in [3.8, 4) is 0 Å². The van der Waals surface area contributed by atoms with Crippen molar-refractivity contribution in [1.29, 1.82) is 0 Å². The summed E-state index contributed by atoms with van der Waals surface area (Å²) >= 11 is 0. The van der Waals surface area contributed by atoms with Gasteiger partial charge in [0.15, 0.2) is 0 Å². The molecule has 0 aliphatic carbocycles. The van der Waals surface area contributed by atoms with E-state index in [1.165, 1.54) is 5.56 Å². The Morgan fingerprint density at radius 1 is 1.25 bits per heavy atom. The van der Waals surface area contributed by atoms with Crippen LogP contribution in [0.5, 0.6) is 0 Å². The second kappa shape index (κ2) is 3.44. The fourth-order valence-corrected chi connectivity index (χ4v) is 2.71. The van der Waals surface area contributed by atoms with Crippen molar-refractivity contribution in [2.75, 3.05) is 0 Å². The molecule has 0 aromatic heterocycles. The number of rotatable bonds is 1. The van der Waals surface area contributed by atoms with E-state index in [1.54, 1.807) is 0 Å². The monoisotopic (exact) mass is 216 g/mol. The summed E-state index contributed by atoms with van der Waals surface area (Å²) in [6, 6.07) is 8.15. The smallest absolute Gasteiger partial charge is 0.0952 e. The Hall–Kier alpha value is -1.12. The third kappa shape index (κ3) is 1.58. The number of benzene rings is 1. The molecule has 1 fully saturated rings. The Balaban J connectivity index is 1.94. The van der Waals surface area contributed by atoms with Gasteiger partial charge in [0, 0.05) is 12.8 Å². The lowest BCUT2D eigenvalue weighted by Gasteiger charge is -2.37. The fraction of sp³-hybridized carbons (Fsp3) is 0.429. The predicted molar refractivity (Wildman–Crippen MR) is 62.1 cm³/mol. The molecule has 2 nitrogen and oxygen atoms in total. The normalized spacial score (nSPS) is 36.6. The van der Waals surface area contributed by atoms with Gasteiger partial charge in [0.1, 0.15) is 0 Å². The molecule has 1 aromatic carbocycles. The lowest BCUT2D eigenvalue weighted by molar-refractivity contribution is -0.107. The molecule has 1 N–H and O–H groups in total. The Kier molecular flexibility index (Phi) is 2.16. The van der Waals surface area contributed by atoms with Crippen molar-refractivity contribution < 1.29 is 9.84 Å². The molecule has 1 aromatic rings. The highest BCUT2D eigenvalue weighted by molar-refractivity contribution is 5.30. The topological polar surface area (TPSA) is 29.5 Å². The number of hydrogen-bond acceptors (Lipinski definition) is 2. The Morgan fingerprint density at radius 3 is 2.56 bits per heavy atom. The molecule has 2 aliphatic rings. The number of aliphatic hydroxyl groups is 1. The molecule has 0 amide bonds. The summed E-state index contributed by atoms with van der Waals surface area (Å²) in [6.45, 7) is 2.05. The molecule has 1 saturated heterocycles. The van der Waals surface area contributed by atoms with Crippen LogP contribution in [0.15, 0.2) is 36.4 Å². The van der Waals surface area contributed by atoms with Crippen molar-refractivity contribution in [1.82, 2.24) is 0 Å². The van der Waals surface area contributed by atoms with E-state index >= 15 is 0 Å². The maximum Gasteiger partial charge on any atom is 0.0952 e. The maximum absolute atomic E-state index is 10.7. The summed E-state index contributed by atoms with van der Waals surface area (Å²) < 4.78 is 5.67. The van der Waals surface area contributed by atoms with Gasteiger partial charge in [-0.2, -0.15) is 0 Å². The van der Waals surface area contributed by atoms with Crippen LogP contribution in [0.2, 0.25) is 0 Å². The van der Waals surface area contributed by atoms with E-state index in [4.69, 9.17) is 4.74 Å². The molecule has 2 atom stereocenters. The van der Waals surface area contributed by atoms with Crippen LogP contribution in [0.25, 0.3) is 0 Å². The van der Waals surface area contributed by atoms with Gasteiger partial charge in [-0.25, -0.2) is 0 Å². The SMILES string of the molecule is Cc1cccc(C2(O)CC3C=CC(C2)O3)c1. The van der Waals surface area contributed by atoms with Crippen LogP contribution >= 0.6 is 0 Å². The molecule has 3 rings (SSSR count). The number of fused-ring (bicyclic) bond motifs is 2. The zero-order chi connectivity index (χ0) is 11.2. The van der Waals surface area contributed by atoms with E-state index in [9.17, 15) is 5.11 Å². The van der Waals surface area contributed by atoms with Crippen LogP contribution in [0, 0.1) is 6.92 Å². The molecule has 0 radical (unpaired) electrons. The van der Waals surface area contributed by atoms with Gasteiger partial charge >= 0.3 is 0 Å². The molecule has 2 aliphatic heterocycles. The second-order valence-corrected chi connectivity index (χ2v) is 4.91. The van der Waals surface area contributed by atoms with Crippen molar-refractivity contribution in [2.24, 2.45) is 0 Å². The van der Waals surface area contributed by atoms with Crippen LogP contribution in [-0.4, -0.2) is 17.3 Å². The Bertz CT molecular complexity index is 422. The third-order valence-corrected chi connectivity index (χ3v) is 3.52. The van der Waals surface area contributed by atoms with Crippen LogP contribution in [0.3, 0.4) is 0 Å². The van der Waals surface area contributed by atoms with E-state index in [0.29, 0.717) is 12.8 Å². The van der Waals surface area contributed by atoms with E-state index in [2.05, 4.69) is 31.2 Å². The summed E-state index contributed by atoms with van der Waals surface area (Å²) in [7, 11) is 0. The number of ether oxygens (including phenoxy) is 1. The molecule has 84 valence electrons. The van der Waals surface area contributed by atoms with Crippen LogP contribution < -0.4 is 0 Å². The lowest BCUT2D eigenvalue weighted by Crippen LogP contribution is -2.39. The van der Waals surface area contributed by atoms with E-state index < -0.39 is 5.60 Å². The van der Waals surface area contributed by atoms with E-state index in [1.807, 2.05) is 12.1 Å². The average Bonchev–Trinajstić information content (AvgIpc) is 2.59. The number of hydrogen-bond donors (Lipinski definition) is 1. The van der Waals surface area contributed by atoms with Gasteiger partial charge in [0.05, 0.1) is 17.8 Å². The van der Waals surface area contributed by atoms with Gasteiger partial charge in [-0.3, -0.25) is 0 Å². The molecular weight excluding hydrogens is 200 g/mol. The highest BCUT2D eigenvalue weighted by Crippen LogP contribution is 2.41. The van der Waals surface area contributed by atoms with Crippen molar-refractivity contribution >= 4 is 0 Å². The Morgan fingerprint density at radius 2 is 1.94 bits per heavy atom. The summed E-state index contributed by atoms with van der Waals surface area (Å²) in [6.07, 6.45) is 5.65. The van der Waals surface area contributed by atoms with Gasteiger partial charge in [-0.05, 0) is 12.5 Å². The molecule has 2 bridgehead atoms. The first-order valence-electron chi connectivity index (χ1n) is 5.79. The summed E-state index contributed by atoms with van der Waals surface area (Å²) in [5, 5.41) is 10.7. The maximum atomic E-state index is 10.7. The molecular formula is C14H16O2. The average molecular weight is 216 g/mol. The molecule has 2 heterocycles. The standard InChI is InChI=1S/C14H16O2/c1-10-3-2-4-11(7-10)14(15)8-12-5-6-13(9-14)16-12/h2-7,12-13,15H,8-9H2,1H3.